The summed E-state index contributed by atoms with van der Waals surface area (Å²) in [6.45, 7) is 22.7. The Morgan fingerprint density at radius 1 is 0.593 bits per heavy atom. The van der Waals surface area contributed by atoms with E-state index in [1.807, 2.05) is 0 Å². The van der Waals surface area contributed by atoms with Gasteiger partial charge in [0.1, 0.15) is 46.7 Å². The van der Waals surface area contributed by atoms with Gasteiger partial charge in [-0.25, -0.2) is 56.8 Å². The lowest BCUT2D eigenvalue weighted by atomic mass is 9.86. The minimum Gasteiger partial charge on any atom is -0.238 e. The molecule has 2 aliphatic carbocycles. The number of rotatable bonds is 4. The van der Waals surface area contributed by atoms with Crippen molar-refractivity contribution in [3.63, 3.8) is 0 Å². The number of benzene rings is 3. The van der Waals surface area contributed by atoms with Crippen LogP contribution in [0.4, 0.5) is 35.1 Å². The highest BCUT2D eigenvalue weighted by Crippen LogP contribution is 2.44. The average molecular weight is 783 g/mol. The van der Waals surface area contributed by atoms with Crippen molar-refractivity contribution >= 4 is 30.9 Å². The zero-order valence-corrected chi connectivity index (χ0v) is 28.2. The van der Waals surface area contributed by atoms with Crippen LogP contribution in [0.3, 0.4) is 0 Å². The number of allylic oxidation sites excluding steroid dienone is 2. The van der Waals surface area contributed by atoms with E-state index in [4.69, 9.17) is 19.7 Å². The van der Waals surface area contributed by atoms with Crippen LogP contribution in [0.5, 0.6) is 0 Å². The van der Waals surface area contributed by atoms with E-state index in [1.165, 1.54) is 18.2 Å². The van der Waals surface area contributed by atoms with E-state index in [0.29, 0.717) is 0 Å². The Balaban J connectivity index is 2.32. The van der Waals surface area contributed by atoms with E-state index in [9.17, 15) is 32.6 Å². The molecule has 0 aromatic heterocycles. The molecule has 20 heteroatoms. The molecule has 5 rings (SSSR count). The highest BCUT2D eigenvalue weighted by Gasteiger charge is 2.42. The van der Waals surface area contributed by atoms with E-state index < -0.39 is 166 Å². The third-order valence-corrected chi connectivity index (χ3v) is 10.6. The van der Waals surface area contributed by atoms with Crippen LogP contribution in [0, 0.1) is 100 Å². The smallest absolute Gasteiger partial charge is 0.238 e. The fourth-order valence-corrected chi connectivity index (χ4v) is 8.06. The number of fused-ring (bicyclic) bond motifs is 2. The second-order valence-corrected chi connectivity index (χ2v) is 15.2. The molecule has 54 heavy (non-hydrogen) atoms. The first-order chi connectivity index (χ1) is 25.2. The molecule has 268 valence electrons. The Morgan fingerprint density at radius 3 is 1.30 bits per heavy atom. The summed E-state index contributed by atoms with van der Waals surface area (Å²) in [6, 6.07) is 4.31. The third-order valence-electron chi connectivity index (χ3n) is 8.41. The van der Waals surface area contributed by atoms with Gasteiger partial charge in [-0.15, -0.1) is 0 Å². The maximum atomic E-state index is 16.1. The number of nitrogens with zero attached hydrogens (tertiary/aromatic N) is 6. The Labute approximate surface area is 298 Å². The molecule has 3 aromatic carbocycles. The van der Waals surface area contributed by atoms with E-state index in [2.05, 4.69) is 14.5 Å². The van der Waals surface area contributed by atoms with Crippen molar-refractivity contribution in [3.8, 4) is 40.5 Å². The van der Waals surface area contributed by atoms with Gasteiger partial charge in [-0.3, -0.25) is 0 Å². The van der Waals surface area contributed by atoms with Gasteiger partial charge in [-0.05, 0) is 33.9 Å². The molecule has 0 aliphatic heterocycles. The Hall–Kier alpha value is -6.84. The van der Waals surface area contributed by atoms with Crippen molar-refractivity contribution in [1.82, 2.24) is 0 Å². The molecule has 0 amide bonds. The summed E-state index contributed by atoms with van der Waals surface area (Å²) >= 11 is 0. The number of nitriles is 3. The number of halogens is 8. The van der Waals surface area contributed by atoms with E-state index in [0.717, 1.165) is 0 Å². The molecule has 10 nitrogen and oxygen atoms in total. The second-order valence-electron chi connectivity index (χ2n) is 11.3. The van der Waals surface area contributed by atoms with Crippen LogP contribution in [0.25, 0.3) is 48.1 Å². The summed E-state index contributed by atoms with van der Waals surface area (Å²) in [5.74, 6) is -20.8. The lowest BCUT2D eigenvalue weighted by Gasteiger charge is -2.20. The van der Waals surface area contributed by atoms with Crippen molar-refractivity contribution in [2.75, 3.05) is 12.5 Å². The predicted octanol–water partition coefficient (Wildman–Crippen LogP) is 5.15. The summed E-state index contributed by atoms with van der Waals surface area (Å²) < 4.78 is 175. The van der Waals surface area contributed by atoms with Crippen molar-refractivity contribution in [1.29, 1.82) is 15.8 Å². The molecule has 0 atom stereocenters. The van der Waals surface area contributed by atoms with Crippen molar-refractivity contribution in [2.45, 2.75) is 22.6 Å². The van der Waals surface area contributed by atoms with Gasteiger partial charge in [-0.2, -0.15) is 25.5 Å². The van der Waals surface area contributed by atoms with Gasteiger partial charge in [0, 0.05) is 29.7 Å². The van der Waals surface area contributed by atoms with Gasteiger partial charge >= 0.3 is 5.82 Å². The molecule has 0 heterocycles. The van der Waals surface area contributed by atoms with E-state index >= 15 is 35.1 Å². The number of hydrogen-bond acceptors (Lipinski definition) is 7. The second kappa shape index (κ2) is 13.0. The summed E-state index contributed by atoms with van der Waals surface area (Å²) in [7, 11) is -10.1. The summed E-state index contributed by atoms with van der Waals surface area (Å²) in [4.78, 5) is 4.90. The van der Waals surface area contributed by atoms with E-state index in [1.54, 1.807) is 0 Å². The monoisotopic (exact) mass is 782 g/mol. The van der Waals surface area contributed by atoms with Crippen molar-refractivity contribution < 1.29 is 52.0 Å². The largest absolute Gasteiger partial charge is 0.512 e. The predicted molar refractivity (Wildman–Crippen MR) is 167 cm³/mol. The molecule has 0 saturated carbocycles. The zero-order valence-electron chi connectivity index (χ0n) is 26.6. The summed E-state index contributed by atoms with van der Waals surface area (Å²) in [5.41, 5.74) is -11.9. The number of hydrogen-bond donors (Lipinski definition) is 0. The molecule has 0 bridgehead atoms. The van der Waals surface area contributed by atoms with Gasteiger partial charge < -0.3 is 0 Å². The molecule has 0 radical (unpaired) electrons. The van der Waals surface area contributed by atoms with Gasteiger partial charge in [0.25, 0.3) is 0 Å². The van der Waals surface area contributed by atoms with Gasteiger partial charge in [0.05, 0.1) is 28.8 Å². The molecule has 0 spiro atoms. The maximum Gasteiger partial charge on any atom is 0.512 e. The molecule has 0 saturated heterocycles. The van der Waals surface area contributed by atoms with Gasteiger partial charge in [-0.1, -0.05) is 0 Å². The maximum absolute atomic E-state index is 16.1. The fraction of sp³-hybridized carbons (Fsp3) is 0.118. The third kappa shape index (κ3) is 5.28. The van der Waals surface area contributed by atoms with Gasteiger partial charge in [0.2, 0.25) is 0 Å². The minimum atomic E-state index is -5.07. The molecule has 3 aromatic rings. The summed E-state index contributed by atoms with van der Waals surface area (Å²) in [5, 5.41) is 27.7. The lowest BCUT2D eigenvalue weighted by Crippen LogP contribution is -2.27. The normalized spacial score (nSPS) is 13.3. The fourth-order valence-electron chi connectivity index (χ4n) is 6.40. The number of sulfone groups is 2. The van der Waals surface area contributed by atoms with Crippen LogP contribution in [0.2, 0.25) is 0 Å². The highest BCUT2D eigenvalue weighted by atomic mass is 32.2. The topological polar surface area (TPSA) is 153 Å². The Bertz CT molecular complexity index is 2800. The highest BCUT2D eigenvalue weighted by molar-refractivity contribution is 7.91. The lowest BCUT2D eigenvalue weighted by molar-refractivity contribution is 0.423. The first-order valence-corrected chi connectivity index (χ1v) is 17.9. The van der Waals surface area contributed by atoms with Crippen molar-refractivity contribution in [2.24, 2.45) is 0 Å². The van der Waals surface area contributed by atoms with Crippen LogP contribution < -0.4 is 10.4 Å². The SMILES string of the molecule is [C-]#[N+]C([N+]#[C-])=C1Cc2c(-c3c(F)c(F)c(S(C)(=O)=O)c(F)c3F)c3c(c(-c4c(F)c(F)c(S(C)(=O)=O)c(F)c4F)c2=C1[N+]#[C-])CC(=C(C#N)C#N)C=3C#N. The van der Waals surface area contributed by atoms with Crippen LogP contribution in [0.1, 0.15) is 11.1 Å². The van der Waals surface area contributed by atoms with Crippen LogP contribution >= 0.6 is 0 Å². The quantitative estimate of drug-likeness (QED) is 0.154. The van der Waals surface area contributed by atoms with Gasteiger partial charge in [0.15, 0.2) is 71.9 Å². The molecule has 0 N–H and O–H groups in total. The Kier molecular flexibility index (Phi) is 9.23. The standard InChI is InChI=1S/C34H10F8N6O4S2/c1-46-31-15(34(47-2)48-3)7-14-18(21-23(35)27(39)32(53(4,49)50)28(40)24(21)36)17-13(6-12(16(17)10-45)11(8-43)9-44)19(20(14)31)22-25(37)29(41)33(54(5,51)52)30(42)26(22)38/h6-7H2,4-5H3. The minimum absolute atomic E-state index is 0.196. The van der Waals surface area contributed by atoms with E-state index in [-0.39, 0.29) is 12.5 Å². The van der Waals surface area contributed by atoms with Crippen LogP contribution in [0.15, 0.2) is 32.3 Å². The summed E-state index contributed by atoms with van der Waals surface area (Å²) in [6.07, 6.45) is -1.74. The van der Waals surface area contributed by atoms with Crippen LogP contribution in [-0.4, -0.2) is 29.3 Å². The first-order valence-electron chi connectivity index (χ1n) is 14.1. The zero-order chi connectivity index (χ0) is 40.5. The molecule has 0 fully saturated rings. The Morgan fingerprint density at radius 2 is 0.963 bits per heavy atom. The first kappa shape index (κ1) is 38.4. The average Bonchev–Trinajstić information content (AvgIpc) is 3.66. The molecular formula is C34H10F8N6O4S2. The molecule has 2 aliphatic rings. The molecule has 0 unspecified atom stereocenters. The molecular weight excluding hydrogens is 773 g/mol. The van der Waals surface area contributed by atoms with Crippen LogP contribution in [-0.2, 0) is 32.5 Å². The van der Waals surface area contributed by atoms with Crippen molar-refractivity contribution in [3.05, 3.63) is 125 Å².